The first kappa shape index (κ1) is 25.8. The molecule has 0 bridgehead atoms. The van der Waals surface area contributed by atoms with E-state index >= 15 is 0 Å². The monoisotopic (exact) mass is 484 g/mol. The van der Waals surface area contributed by atoms with Gasteiger partial charge in [-0.15, -0.1) is 0 Å². The number of rotatable bonds is 11. The molecule has 34 heavy (non-hydrogen) atoms. The number of unbranched alkanes of at least 4 members (excludes halogenated alkanes) is 1. The van der Waals surface area contributed by atoms with E-state index in [2.05, 4.69) is 15.3 Å². The van der Waals surface area contributed by atoms with Crippen molar-refractivity contribution in [3.8, 4) is 0 Å². The van der Waals surface area contributed by atoms with Crippen molar-refractivity contribution >= 4 is 17.4 Å². The lowest BCUT2D eigenvalue weighted by molar-refractivity contribution is -0.139. The maximum atomic E-state index is 14.1. The molecule has 0 aromatic carbocycles. The van der Waals surface area contributed by atoms with Gasteiger partial charge in [-0.05, 0) is 63.6 Å². The Labute approximate surface area is 195 Å². The number of halogens is 5. The van der Waals surface area contributed by atoms with Crippen LogP contribution in [0.4, 0.5) is 33.5 Å². The Balaban J connectivity index is 2.15. The molecular weight excluding hydrogens is 455 g/mol. The molecule has 0 aliphatic heterocycles. The summed E-state index contributed by atoms with van der Waals surface area (Å²) >= 11 is 0. The molecule has 2 aromatic heterocycles. The number of aromatic nitrogens is 2. The molecule has 1 fully saturated rings. The molecule has 186 valence electrons. The van der Waals surface area contributed by atoms with Crippen molar-refractivity contribution in [2.75, 3.05) is 36.7 Å². The van der Waals surface area contributed by atoms with Crippen LogP contribution in [0, 0.1) is 13.8 Å². The Bertz CT molecular complexity index is 1010. The van der Waals surface area contributed by atoms with Crippen molar-refractivity contribution in [2.24, 2.45) is 0 Å². The number of nitrogens with one attached hydrogen (secondary N) is 1. The molecule has 3 rings (SSSR count). The number of alkyl halides is 5. The fourth-order valence-electron chi connectivity index (χ4n) is 4.01. The molecule has 5 nitrogen and oxygen atoms in total. The Hall–Kier alpha value is -2.78. The first-order chi connectivity index (χ1) is 16.2. The third-order valence-corrected chi connectivity index (χ3v) is 5.76. The molecule has 0 spiro atoms. The second-order valence-corrected chi connectivity index (χ2v) is 8.53. The predicted molar refractivity (Wildman–Crippen MR) is 121 cm³/mol. The summed E-state index contributed by atoms with van der Waals surface area (Å²) in [6.45, 7) is 2.23. The Morgan fingerprint density at radius 1 is 1.12 bits per heavy atom. The summed E-state index contributed by atoms with van der Waals surface area (Å²) in [7, 11) is 0. The van der Waals surface area contributed by atoms with Gasteiger partial charge < -0.3 is 10.2 Å². The molecule has 1 N–H and O–H groups in total. The molecule has 0 saturated heterocycles. The fourth-order valence-corrected chi connectivity index (χ4v) is 4.01. The highest BCUT2D eigenvalue weighted by Crippen LogP contribution is 2.48. The van der Waals surface area contributed by atoms with Crippen LogP contribution in [0.1, 0.15) is 70.9 Å². The van der Waals surface area contributed by atoms with Gasteiger partial charge >= 0.3 is 6.18 Å². The van der Waals surface area contributed by atoms with Crippen LogP contribution in [0.5, 0.6) is 0 Å². The number of aryl methyl sites for hydroxylation is 1. The molecule has 1 amide bonds. The number of hydrogen-bond donors (Lipinski definition) is 1. The number of nitrogens with zero attached hydrogens (tertiary/aromatic N) is 3. The van der Waals surface area contributed by atoms with Crippen molar-refractivity contribution in [1.82, 2.24) is 9.97 Å². The van der Waals surface area contributed by atoms with E-state index in [1.54, 1.807) is 24.0 Å². The topological polar surface area (TPSA) is 58.1 Å². The standard InChI is InChI=1S/C24H29F5N4O/c1-15-14-18(8-11-30-15)31-23(34)19-16(2)20(24(27,28)29)21(17-6-7-17)32-22(19)33(13-5-10-26)12-4-3-9-25/h8,11,14,17H,3-7,9-10,12-13H2,1-2H3,(H,30,31,34). The Kier molecular flexibility index (Phi) is 8.43. The highest BCUT2D eigenvalue weighted by molar-refractivity contribution is 6.09. The molecule has 2 aromatic rings. The molecule has 10 heteroatoms. The van der Waals surface area contributed by atoms with E-state index < -0.39 is 31.0 Å². The molecule has 0 atom stereocenters. The number of hydrogen-bond acceptors (Lipinski definition) is 4. The number of carbonyl (C=O) groups is 1. The summed E-state index contributed by atoms with van der Waals surface area (Å²) in [6, 6.07) is 3.14. The first-order valence-corrected chi connectivity index (χ1v) is 11.4. The summed E-state index contributed by atoms with van der Waals surface area (Å²) < 4.78 is 68.1. The number of carbonyl (C=O) groups excluding carboxylic acids is 1. The van der Waals surface area contributed by atoms with E-state index in [9.17, 15) is 26.7 Å². The van der Waals surface area contributed by atoms with Crippen LogP contribution < -0.4 is 10.2 Å². The first-order valence-electron chi connectivity index (χ1n) is 11.4. The van der Waals surface area contributed by atoms with Gasteiger partial charge in [0.2, 0.25) is 0 Å². The number of amides is 1. The number of anilines is 2. The van der Waals surface area contributed by atoms with Crippen molar-refractivity contribution in [3.05, 3.63) is 46.4 Å². The summed E-state index contributed by atoms with van der Waals surface area (Å²) in [5.74, 6) is -0.986. The summed E-state index contributed by atoms with van der Waals surface area (Å²) in [5.41, 5.74) is -0.362. The predicted octanol–water partition coefficient (Wildman–Crippen LogP) is 6.16. The van der Waals surface area contributed by atoms with Crippen LogP contribution in [0.25, 0.3) is 0 Å². The lowest BCUT2D eigenvalue weighted by Crippen LogP contribution is -2.32. The molecule has 1 aliphatic rings. The van der Waals surface area contributed by atoms with Crippen LogP contribution >= 0.6 is 0 Å². The van der Waals surface area contributed by atoms with Crippen molar-refractivity contribution in [1.29, 1.82) is 0 Å². The van der Waals surface area contributed by atoms with Crippen molar-refractivity contribution in [3.63, 3.8) is 0 Å². The summed E-state index contributed by atoms with van der Waals surface area (Å²) in [6.07, 6.45) is -1.27. The van der Waals surface area contributed by atoms with Crippen LogP contribution in [0.3, 0.4) is 0 Å². The van der Waals surface area contributed by atoms with Gasteiger partial charge in [0.25, 0.3) is 5.91 Å². The third kappa shape index (κ3) is 6.21. The minimum atomic E-state index is -4.69. The molecule has 0 radical (unpaired) electrons. The molecular formula is C24H29F5N4O. The van der Waals surface area contributed by atoms with Gasteiger partial charge in [-0.1, -0.05) is 0 Å². The largest absolute Gasteiger partial charge is 0.418 e. The van der Waals surface area contributed by atoms with Crippen molar-refractivity contribution in [2.45, 2.75) is 58.0 Å². The van der Waals surface area contributed by atoms with E-state index in [4.69, 9.17) is 0 Å². The smallest absolute Gasteiger partial charge is 0.356 e. The maximum absolute atomic E-state index is 14.1. The summed E-state index contributed by atoms with van der Waals surface area (Å²) in [4.78, 5) is 23.4. The second-order valence-electron chi connectivity index (χ2n) is 8.53. The highest BCUT2D eigenvalue weighted by atomic mass is 19.4. The quantitative estimate of drug-likeness (QED) is 0.307. The molecule has 1 aliphatic carbocycles. The van der Waals surface area contributed by atoms with Crippen LogP contribution in [-0.4, -0.2) is 42.3 Å². The number of pyridine rings is 2. The third-order valence-electron chi connectivity index (χ3n) is 5.76. The Morgan fingerprint density at radius 2 is 1.79 bits per heavy atom. The van der Waals surface area contributed by atoms with Crippen LogP contribution in [-0.2, 0) is 6.18 Å². The normalized spacial score (nSPS) is 13.7. The van der Waals surface area contributed by atoms with E-state index in [1.807, 2.05) is 0 Å². The lowest BCUT2D eigenvalue weighted by atomic mass is 9.97. The highest BCUT2D eigenvalue weighted by Gasteiger charge is 2.43. The minimum Gasteiger partial charge on any atom is -0.356 e. The van der Waals surface area contributed by atoms with Gasteiger partial charge in [0.05, 0.1) is 30.2 Å². The molecule has 0 unspecified atom stereocenters. The van der Waals surface area contributed by atoms with Gasteiger partial charge in [-0.3, -0.25) is 18.6 Å². The van der Waals surface area contributed by atoms with E-state index in [1.165, 1.54) is 13.1 Å². The fraction of sp³-hybridized carbons (Fsp3) is 0.542. The second kappa shape index (κ2) is 11.1. The lowest BCUT2D eigenvalue weighted by Gasteiger charge is -2.29. The van der Waals surface area contributed by atoms with E-state index in [0.29, 0.717) is 30.6 Å². The molecule has 1 saturated carbocycles. The van der Waals surface area contributed by atoms with Gasteiger partial charge in [-0.25, -0.2) is 4.98 Å². The Morgan fingerprint density at radius 3 is 2.38 bits per heavy atom. The van der Waals surface area contributed by atoms with Crippen molar-refractivity contribution < 1.29 is 26.7 Å². The van der Waals surface area contributed by atoms with Gasteiger partial charge in [-0.2, -0.15) is 13.2 Å². The zero-order valence-electron chi connectivity index (χ0n) is 19.3. The minimum absolute atomic E-state index is 0.0768. The van der Waals surface area contributed by atoms with Gasteiger partial charge in [0, 0.05) is 36.6 Å². The average Bonchev–Trinajstić information content (AvgIpc) is 3.60. The average molecular weight is 485 g/mol. The van der Waals surface area contributed by atoms with Gasteiger partial charge in [0.1, 0.15) is 5.82 Å². The van der Waals surface area contributed by atoms with Crippen LogP contribution in [0.2, 0.25) is 0 Å². The van der Waals surface area contributed by atoms with E-state index in [0.717, 1.165) is 0 Å². The van der Waals surface area contributed by atoms with E-state index in [-0.39, 0.29) is 54.5 Å². The zero-order chi connectivity index (χ0) is 24.9. The summed E-state index contributed by atoms with van der Waals surface area (Å²) in [5, 5.41) is 2.65. The SMILES string of the molecule is Cc1cc(NC(=O)c2c(N(CCCF)CCCCF)nc(C3CC3)c(C(F)(F)F)c2C)ccn1. The van der Waals surface area contributed by atoms with Crippen LogP contribution in [0.15, 0.2) is 18.3 Å². The van der Waals surface area contributed by atoms with Gasteiger partial charge in [0.15, 0.2) is 0 Å². The maximum Gasteiger partial charge on any atom is 0.418 e. The molecule has 2 heterocycles. The zero-order valence-corrected chi connectivity index (χ0v) is 19.3.